The Morgan fingerprint density at radius 1 is 1.30 bits per heavy atom. The molecule has 2 N–H and O–H groups in total. The maximum absolute atomic E-state index is 11.4. The van der Waals surface area contributed by atoms with Crippen LogP contribution in [0.4, 0.5) is 0 Å². The van der Waals surface area contributed by atoms with E-state index in [9.17, 15) is 15.0 Å². The molecule has 0 bridgehead atoms. The van der Waals surface area contributed by atoms with Crippen molar-refractivity contribution in [1.82, 2.24) is 0 Å². The smallest absolute Gasteiger partial charge is 0.333 e. The Morgan fingerprint density at radius 3 is 2.60 bits per heavy atom. The molecular weight excluding hydrogens is 260 g/mol. The second-order valence-electron chi connectivity index (χ2n) is 4.71. The van der Waals surface area contributed by atoms with Gasteiger partial charge in [-0.3, -0.25) is 0 Å². The molecule has 1 aromatic rings. The number of benzene rings is 1. The molecule has 1 aliphatic rings. The van der Waals surface area contributed by atoms with Crippen molar-refractivity contribution in [3.8, 4) is 0 Å². The van der Waals surface area contributed by atoms with Crippen molar-refractivity contribution in [3.05, 3.63) is 47.5 Å². The van der Waals surface area contributed by atoms with Crippen LogP contribution in [-0.4, -0.2) is 41.6 Å². The molecule has 0 fully saturated rings. The molecule has 1 aromatic carbocycles. The Labute approximate surface area is 117 Å². The summed E-state index contributed by atoms with van der Waals surface area (Å²) in [5.41, 5.74) is 1.22. The first-order chi connectivity index (χ1) is 9.61. The molecule has 0 heterocycles. The summed E-state index contributed by atoms with van der Waals surface area (Å²) in [7, 11) is 1.26. The molecule has 5 nitrogen and oxygen atoms in total. The van der Waals surface area contributed by atoms with E-state index in [0.29, 0.717) is 6.61 Å². The third-order valence-corrected chi connectivity index (χ3v) is 3.25. The molecule has 108 valence electrons. The first kappa shape index (κ1) is 14.7. The van der Waals surface area contributed by atoms with Crippen LogP contribution in [0.25, 0.3) is 0 Å². The van der Waals surface area contributed by atoms with Gasteiger partial charge in [0.25, 0.3) is 0 Å². The van der Waals surface area contributed by atoms with Gasteiger partial charge in [-0.25, -0.2) is 4.79 Å². The normalized spacial score (nSPS) is 25.9. The third-order valence-electron chi connectivity index (χ3n) is 3.25. The summed E-state index contributed by atoms with van der Waals surface area (Å²) < 4.78 is 10.1. The minimum absolute atomic E-state index is 0.114. The van der Waals surface area contributed by atoms with Crippen LogP contribution in [0.2, 0.25) is 0 Å². The number of hydrogen-bond donors (Lipinski definition) is 2. The van der Waals surface area contributed by atoms with Gasteiger partial charge in [-0.05, 0) is 11.6 Å². The van der Waals surface area contributed by atoms with E-state index < -0.39 is 24.3 Å². The summed E-state index contributed by atoms with van der Waals surface area (Å²) >= 11 is 0. The van der Waals surface area contributed by atoms with Crippen LogP contribution < -0.4 is 0 Å². The zero-order valence-electron chi connectivity index (χ0n) is 11.2. The SMILES string of the molecule is COC(=O)C1=C[C@@H](O)[C@@H](OCc2ccccc2)[C@H](O)C1. The Kier molecular flexibility index (Phi) is 4.89. The number of carbonyl (C=O) groups is 1. The van der Waals surface area contributed by atoms with E-state index in [1.165, 1.54) is 13.2 Å². The van der Waals surface area contributed by atoms with E-state index in [1.807, 2.05) is 30.3 Å². The largest absolute Gasteiger partial charge is 0.466 e. The molecule has 20 heavy (non-hydrogen) atoms. The summed E-state index contributed by atoms with van der Waals surface area (Å²) in [6.45, 7) is 0.293. The van der Waals surface area contributed by atoms with Crippen LogP contribution in [0.3, 0.4) is 0 Å². The fourth-order valence-electron chi connectivity index (χ4n) is 2.20. The van der Waals surface area contributed by atoms with Crippen molar-refractivity contribution >= 4 is 5.97 Å². The fraction of sp³-hybridized carbons (Fsp3) is 0.400. The highest BCUT2D eigenvalue weighted by Gasteiger charge is 2.34. The summed E-state index contributed by atoms with van der Waals surface area (Å²) in [6.07, 6.45) is -1.22. The Bertz CT molecular complexity index is 482. The van der Waals surface area contributed by atoms with Gasteiger partial charge in [0.05, 0.1) is 19.8 Å². The number of carbonyl (C=O) groups excluding carboxylic acids is 1. The number of ether oxygens (including phenoxy) is 2. The first-order valence-corrected chi connectivity index (χ1v) is 6.42. The fourth-order valence-corrected chi connectivity index (χ4v) is 2.20. The van der Waals surface area contributed by atoms with Gasteiger partial charge in [0, 0.05) is 12.0 Å². The van der Waals surface area contributed by atoms with Crippen LogP contribution in [-0.2, 0) is 20.9 Å². The molecule has 0 aromatic heterocycles. The van der Waals surface area contributed by atoms with E-state index in [2.05, 4.69) is 4.74 Å². The molecule has 0 aliphatic heterocycles. The van der Waals surface area contributed by atoms with Gasteiger partial charge < -0.3 is 19.7 Å². The van der Waals surface area contributed by atoms with Gasteiger partial charge in [-0.2, -0.15) is 0 Å². The molecule has 5 heteroatoms. The predicted octanol–water partition coefficient (Wildman–Crippen LogP) is 0.797. The lowest BCUT2D eigenvalue weighted by Crippen LogP contribution is -2.43. The molecule has 0 spiro atoms. The molecular formula is C15H18O5. The van der Waals surface area contributed by atoms with Gasteiger partial charge in [0.15, 0.2) is 0 Å². The van der Waals surface area contributed by atoms with E-state index in [1.54, 1.807) is 0 Å². The standard InChI is InChI=1S/C15H18O5/c1-19-15(18)11-7-12(16)14(13(17)8-11)20-9-10-5-3-2-4-6-10/h2-7,12-14,16-17H,8-9H2,1H3/t12-,13-,14-/m1/s1. The van der Waals surface area contributed by atoms with E-state index in [-0.39, 0.29) is 12.0 Å². The highest BCUT2D eigenvalue weighted by Crippen LogP contribution is 2.23. The van der Waals surface area contributed by atoms with Gasteiger partial charge >= 0.3 is 5.97 Å². The molecule has 3 atom stereocenters. The first-order valence-electron chi connectivity index (χ1n) is 6.42. The van der Waals surface area contributed by atoms with Crippen molar-refractivity contribution in [2.45, 2.75) is 31.3 Å². The number of aliphatic hydroxyl groups excluding tert-OH is 2. The number of esters is 1. The zero-order chi connectivity index (χ0) is 14.5. The van der Waals surface area contributed by atoms with Crippen molar-refractivity contribution in [2.24, 2.45) is 0 Å². The highest BCUT2D eigenvalue weighted by atomic mass is 16.5. The maximum atomic E-state index is 11.4. The van der Waals surface area contributed by atoms with Gasteiger partial charge in [-0.1, -0.05) is 30.3 Å². The predicted molar refractivity (Wildman–Crippen MR) is 71.7 cm³/mol. The van der Waals surface area contributed by atoms with Crippen molar-refractivity contribution in [3.63, 3.8) is 0 Å². The van der Waals surface area contributed by atoms with Crippen molar-refractivity contribution in [2.75, 3.05) is 7.11 Å². The summed E-state index contributed by atoms with van der Waals surface area (Å²) in [5.74, 6) is -0.537. The quantitative estimate of drug-likeness (QED) is 0.797. The Morgan fingerprint density at radius 2 is 2.00 bits per heavy atom. The summed E-state index contributed by atoms with van der Waals surface area (Å²) in [6, 6.07) is 9.48. The zero-order valence-corrected chi connectivity index (χ0v) is 11.2. The lowest BCUT2D eigenvalue weighted by atomic mass is 9.92. The van der Waals surface area contributed by atoms with Crippen LogP contribution in [0.1, 0.15) is 12.0 Å². The maximum Gasteiger partial charge on any atom is 0.333 e. The van der Waals surface area contributed by atoms with Gasteiger partial charge in [0.1, 0.15) is 12.2 Å². The Hall–Kier alpha value is -1.69. The topological polar surface area (TPSA) is 76.0 Å². The number of aliphatic hydroxyl groups is 2. The molecule has 0 saturated carbocycles. The van der Waals surface area contributed by atoms with E-state index in [0.717, 1.165) is 5.56 Å². The second kappa shape index (κ2) is 6.65. The average Bonchev–Trinajstić information content (AvgIpc) is 2.46. The minimum atomic E-state index is -1.03. The van der Waals surface area contributed by atoms with Crippen LogP contribution in [0.5, 0.6) is 0 Å². The number of rotatable bonds is 4. The monoisotopic (exact) mass is 278 g/mol. The number of hydrogen-bond acceptors (Lipinski definition) is 5. The lowest BCUT2D eigenvalue weighted by Gasteiger charge is -2.30. The van der Waals surface area contributed by atoms with E-state index >= 15 is 0 Å². The second-order valence-corrected chi connectivity index (χ2v) is 4.71. The van der Waals surface area contributed by atoms with Gasteiger partial charge in [-0.15, -0.1) is 0 Å². The van der Waals surface area contributed by atoms with Crippen LogP contribution in [0.15, 0.2) is 42.0 Å². The lowest BCUT2D eigenvalue weighted by molar-refractivity contribution is -0.138. The minimum Gasteiger partial charge on any atom is -0.466 e. The van der Waals surface area contributed by atoms with E-state index in [4.69, 9.17) is 4.74 Å². The third kappa shape index (κ3) is 3.45. The Balaban J connectivity index is 1.99. The summed E-state index contributed by atoms with van der Waals surface area (Å²) in [5, 5.41) is 20.0. The molecule has 0 unspecified atom stereocenters. The molecule has 0 radical (unpaired) electrons. The summed E-state index contributed by atoms with van der Waals surface area (Å²) in [4.78, 5) is 11.4. The molecule has 0 saturated heterocycles. The molecule has 1 aliphatic carbocycles. The highest BCUT2D eigenvalue weighted by molar-refractivity contribution is 5.88. The van der Waals surface area contributed by atoms with Crippen LogP contribution in [0, 0.1) is 0 Å². The number of methoxy groups -OCH3 is 1. The van der Waals surface area contributed by atoms with Crippen molar-refractivity contribution < 1.29 is 24.5 Å². The van der Waals surface area contributed by atoms with Gasteiger partial charge in [0.2, 0.25) is 0 Å². The molecule has 0 amide bonds. The van der Waals surface area contributed by atoms with Crippen molar-refractivity contribution in [1.29, 1.82) is 0 Å². The van der Waals surface area contributed by atoms with Crippen LogP contribution >= 0.6 is 0 Å². The average molecular weight is 278 g/mol. The molecule has 2 rings (SSSR count).